The van der Waals surface area contributed by atoms with Crippen molar-refractivity contribution in [2.24, 2.45) is 4.99 Å². The lowest BCUT2D eigenvalue weighted by atomic mass is 10.1. The number of rotatable bonds is 1. The van der Waals surface area contributed by atoms with Crippen LogP contribution in [0.25, 0.3) is 0 Å². The molecular formula is C15H8F4N4O2. The zero-order chi connectivity index (χ0) is 18.4. The van der Waals surface area contributed by atoms with Gasteiger partial charge in [-0.25, -0.2) is 9.38 Å². The highest BCUT2D eigenvalue weighted by Crippen LogP contribution is 2.32. The molecule has 6 nitrogen and oxygen atoms in total. The molecule has 0 aromatic heterocycles. The zero-order valence-electron chi connectivity index (χ0n) is 12.2. The molecule has 10 heteroatoms. The van der Waals surface area contributed by atoms with Gasteiger partial charge < -0.3 is 10.6 Å². The molecule has 3 N–H and O–H groups in total. The van der Waals surface area contributed by atoms with Gasteiger partial charge in [-0.15, -0.1) is 0 Å². The largest absolute Gasteiger partial charge is 0.419 e. The van der Waals surface area contributed by atoms with E-state index in [0.717, 1.165) is 6.07 Å². The smallest absolute Gasteiger partial charge is 0.355 e. The Hall–Kier alpha value is -3.30. The van der Waals surface area contributed by atoms with Gasteiger partial charge in [0.2, 0.25) is 10.9 Å². The van der Waals surface area contributed by atoms with E-state index in [-0.39, 0.29) is 17.1 Å². The van der Waals surface area contributed by atoms with E-state index >= 15 is 0 Å². The summed E-state index contributed by atoms with van der Waals surface area (Å²) in [5.74, 6) is -1.57. The molecule has 0 saturated carbocycles. The van der Waals surface area contributed by atoms with Crippen LogP contribution in [0.1, 0.15) is 5.56 Å². The van der Waals surface area contributed by atoms with Crippen molar-refractivity contribution in [2.75, 3.05) is 10.6 Å². The van der Waals surface area contributed by atoms with Crippen molar-refractivity contribution in [3.63, 3.8) is 0 Å². The van der Waals surface area contributed by atoms with Gasteiger partial charge in [-0.1, -0.05) is 0 Å². The normalized spacial score (nSPS) is 14.0. The second-order valence-electron chi connectivity index (χ2n) is 5.03. The second-order valence-corrected chi connectivity index (χ2v) is 5.03. The summed E-state index contributed by atoms with van der Waals surface area (Å²) < 4.78 is 51.3. The Kier molecular flexibility index (Phi) is 3.74. The number of hydrogen-bond acceptors (Lipinski definition) is 6. The predicted octanol–water partition coefficient (Wildman–Crippen LogP) is 1.46. The first kappa shape index (κ1) is 16.6. The Balaban J connectivity index is 2.23. The average molecular weight is 352 g/mol. The van der Waals surface area contributed by atoms with Gasteiger partial charge in [0.05, 0.1) is 11.3 Å². The molecule has 2 aromatic carbocycles. The molecule has 2 aromatic rings. The van der Waals surface area contributed by atoms with Crippen LogP contribution in [-0.4, -0.2) is 0 Å². The van der Waals surface area contributed by atoms with E-state index in [0.29, 0.717) is 12.1 Å². The molecule has 0 spiro atoms. The summed E-state index contributed by atoms with van der Waals surface area (Å²) in [5.41, 5.74) is -3.71. The highest BCUT2D eigenvalue weighted by atomic mass is 19.4. The third kappa shape index (κ3) is 2.82. The first-order valence-corrected chi connectivity index (χ1v) is 6.76. The molecule has 0 radical (unpaired) electrons. The van der Waals surface area contributed by atoms with Crippen molar-refractivity contribution >= 4 is 17.1 Å². The lowest BCUT2D eigenvalue weighted by Crippen LogP contribution is -2.49. The molecular weight excluding hydrogens is 344 g/mol. The Morgan fingerprint density at radius 3 is 2.16 bits per heavy atom. The minimum Gasteiger partial charge on any atom is -0.355 e. The van der Waals surface area contributed by atoms with Gasteiger partial charge >= 0.3 is 6.18 Å². The first-order chi connectivity index (χ1) is 11.7. The van der Waals surface area contributed by atoms with Crippen molar-refractivity contribution in [3.05, 3.63) is 73.1 Å². The molecule has 0 aliphatic carbocycles. The molecule has 0 unspecified atom stereocenters. The maximum Gasteiger partial charge on any atom is 0.419 e. The maximum atomic E-state index is 13.6. The van der Waals surface area contributed by atoms with Gasteiger partial charge in [0.15, 0.2) is 0 Å². The Morgan fingerprint density at radius 2 is 1.60 bits per heavy atom. The van der Waals surface area contributed by atoms with Crippen molar-refractivity contribution in [1.29, 1.82) is 5.41 Å². The van der Waals surface area contributed by atoms with E-state index in [2.05, 4.69) is 15.6 Å². The highest BCUT2D eigenvalue weighted by Gasteiger charge is 2.33. The number of alkyl halides is 3. The third-order valence-corrected chi connectivity index (χ3v) is 3.42. The summed E-state index contributed by atoms with van der Waals surface area (Å²) in [7, 11) is 0. The highest BCUT2D eigenvalue weighted by molar-refractivity contribution is 5.72. The van der Waals surface area contributed by atoms with Crippen molar-refractivity contribution in [3.8, 4) is 0 Å². The maximum absolute atomic E-state index is 13.6. The van der Waals surface area contributed by atoms with E-state index in [9.17, 15) is 27.2 Å². The van der Waals surface area contributed by atoms with Crippen LogP contribution in [0.4, 0.5) is 34.6 Å². The summed E-state index contributed by atoms with van der Waals surface area (Å²) in [5, 5.41) is 11.5. The van der Waals surface area contributed by atoms with Crippen LogP contribution in [0.5, 0.6) is 0 Å². The third-order valence-electron chi connectivity index (χ3n) is 3.42. The summed E-state index contributed by atoms with van der Waals surface area (Å²) in [6.07, 6.45) is -2.18. The van der Waals surface area contributed by atoms with Crippen molar-refractivity contribution in [1.82, 2.24) is 0 Å². The molecule has 3 rings (SSSR count). The van der Waals surface area contributed by atoms with Gasteiger partial charge in [-0.3, -0.25) is 15.0 Å². The van der Waals surface area contributed by atoms with E-state index in [1.807, 2.05) is 0 Å². The Labute approximate surface area is 136 Å². The van der Waals surface area contributed by atoms with Crippen LogP contribution in [0.15, 0.2) is 45.2 Å². The fourth-order valence-electron chi connectivity index (χ4n) is 2.26. The van der Waals surface area contributed by atoms with Crippen molar-refractivity contribution in [2.45, 2.75) is 6.18 Å². The summed E-state index contributed by atoms with van der Waals surface area (Å²) in [4.78, 5) is 28.1. The molecule has 0 bridgehead atoms. The van der Waals surface area contributed by atoms with Gasteiger partial charge in [0.1, 0.15) is 27.9 Å². The minimum atomic E-state index is -4.87. The number of halogens is 4. The van der Waals surface area contributed by atoms with Crippen LogP contribution in [0.3, 0.4) is 0 Å². The minimum absolute atomic E-state index is 0.130. The summed E-state index contributed by atoms with van der Waals surface area (Å²) in [6.45, 7) is 0. The van der Waals surface area contributed by atoms with Crippen LogP contribution in [0.2, 0.25) is 0 Å². The molecule has 1 heterocycles. The van der Waals surface area contributed by atoms with Gasteiger partial charge in [0.25, 0.3) is 0 Å². The topological polar surface area (TPSA) is 94.4 Å². The summed E-state index contributed by atoms with van der Waals surface area (Å²) >= 11 is 0. The number of anilines is 2. The Bertz CT molecular complexity index is 1110. The lowest BCUT2D eigenvalue weighted by molar-refractivity contribution is -0.139. The van der Waals surface area contributed by atoms with Crippen LogP contribution >= 0.6 is 0 Å². The monoisotopic (exact) mass is 352 g/mol. The first-order valence-electron chi connectivity index (χ1n) is 6.76. The fraction of sp³-hybridized carbons (Fsp3) is 0.0667. The molecule has 1 aliphatic heterocycles. The molecule has 1 aliphatic rings. The number of hydrogen-bond donors (Lipinski definition) is 3. The fourth-order valence-corrected chi connectivity index (χ4v) is 2.26. The molecule has 0 atom stereocenters. The number of benzene rings is 2. The zero-order valence-corrected chi connectivity index (χ0v) is 12.2. The predicted molar refractivity (Wildman–Crippen MR) is 80.2 cm³/mol. The lowest BCUT2D eigenvalue weighted by Gasteiger charge is -2.11. The Morgan fingerprint density at radius 1 is 1.00 bits per heavy atom. The van der Waals surface area contributed by atoms with Crippen LogP contribution in [-0.2, 0) is 6.18 Å². The number of fused-ring (bicyclic) bond motifs is 1. The van der Waals surface area contributed by atoms with Crippen LogP contribution in [0, 0.1) is 11.2 Å². The van der Waals surface area contributed by atoms with Gasteiger partial charge in [-0.2, -0.15) is 13.2 Å². The molecule has 128 valence electrons. The molecule has 0 saturated heterocycles. The standard InChI is InChI=1S/C15H8F4N4O2/c16-8-5-6(1-2-7(8)15(17,18)19)23-10-9(20)13(24)11-12(14(10)25)22-4-3-21-11/h1-5,20-22H. The van der Waals surface area contributed by atoms with Crippen molar-refractivity contribution < 1.29 is 17.6 Å². The second kappa shape index (κ2) is 5.65. The quantitative estimate of drug-likeness (QED) is 0.678. The molecule has 0 amide bonds. The molecule has 0 fully saturated rings. The van der Waals surface area contributed by atoms with E-state index in [1.165, 1.54) is 12.4 Å². The van der Waals surface area contributed by atoms with E-state index in [4.69, 9.17) is 5.41 Å². The number of nitrogens with zero attached hydrogens (tertiary/aromatic N) is 1. The van der Waals surface area contributed by atoms with Gasteiger partial charge in [0, 0.05) is 18.5 Å². The molecule has 25 heavy (non-hydrogen) atoms. The number of nitrogens with one attached hydrogen (secondary N) is 3. The van der Waals surface area contributed by atoms with Crippen LogP contribution < -0.4 is 32.2 Å². The van der Waals surface area contributed by atoms with E-state index in [1.54, 1.807) is 0 Å². The average Bonchev–Trinajstić information content (AvgIpc) is 2.55. The van der Waals surface area contributed by atoms with E-state index < -0.39 is 39.1 Å². The van der Waals surface area contributed by atoms with Gasteiger partial charge in [-0.05, 0) is 12.1 Å². The summed E-state index contributed by atoms with van der Waals surface area (Å²) in [6, 6.07) is 1.80. The SMILES string of the molecule is N=c1c(=O)c2c(c(=O)c1=Nc1ccc(C(F)(F)F)c(F)c1)NC=CN2.